The summed E-state index contributed by atoms with van der Waals surface area (Å²) in [6.07, 6.45) is 1.76. The van der Waals surface area contributed by atoms with Gasteiger partial charge in [-0.2, -0.15) is 0 Å². The first kappa shape index (κ1) is 7.57. The zero-order valence-corrected chi connectivity index (χ0v) is 5.83. The second-order valence-corrected chi connectivity index (χ2v) is 1.72. The van der Waals surface area contributed by atoms with Crippen LogP contribution in [0.15, 0.2) is 23.4 Å². The molecule has 0 spiro atoms. The van der Waals surface area contributed by atoms with Gasteiger partial charge in [0.2, 0.25) is 0 Å². The second kappa shape index (κ2) is 3.56. The van der Waals surface area contributed by atoms with Crippen molar-refractivity contribution in [2.45, 2.75) is 6.92 Å². The molecule has 0 radical (unpaired) electrons. The van der Waals surface area contributed by atoms with Crippen molar-refractivity contribution in [1.29, 1.82) is 0 Å². The molecule has 46 valence electrons. The van der Waals surface area contributed by atoms with E-state index in [9.17, 15) is 0 Å². The first-order valence-electron chi connectivity index (χ1n) is 2.27. The highest BCUT2D eigenvalue weighted by molar-refractivity contribution is 6.31. The summed E-state index contributed by atoms with van der Waals surface area (Å²) in [7, 11) is 1.56. The maximum atomic E-state index is 5.46. The van der Waals surface area contributed by atoms with Crippen molar-refractivity contribution < 1.29 is 4.74 Å². The van der Waals surface area contributed by atoms with Gasteiger partial charge in [0.15, 0.2) is 0 Å². The number of methoxy groups -OCH3 is 1. The van der Waals surface area contributed by atoms with Gasteiger partial charge < -0.3 is 4.74 Å². The largest absolute Gasteiger partial charge is 0.496 e. The molecule has 0 fully saturated rings. The van der Waals surface area contributed by atoms with Crippen LogP contribution in [0.2, 0.25) is 0 Å². The van der Waals surface area contributed by atoms with E-state index < -0.39 is 0 Å². The van der Waals surface area contributed by atoms with Crippen LogP contribution in [0.5, 0.6) is 0 Å². The van der Waals surface area contributed by atoms with Crippen molar-refractivity contribution in [3.8, 4) is 0 Å². The zero-order chi connectivity index (χ0) is 6.57. The minimum atomic E-state index is 0.440. The Morgan fingerprint density at radius 1 is 1.75 bits per heavy atom. The molecule has 0 saturated carbocycles. The quantitative estimate of drug-likeness (QED) is 0.414. The van der Waals surface area contributed by atoms with E-state index in [2.05, 4.69) is 6.58 Å². The molecule has 0 aromatic rings. The fourth-order valence-corrected chi connectivity index (χ4v) is 0.571. The van der Waals surface area contributed by atoms with E-state index in [0.717, 1.165) is 0 Å². The summed E-state index contributed by atoms with van der Waals surface area (Å²) in [5.41, 5.74) is 0. The summed E-state index contributed by atoms with van der Waals surface area (Å²) in [6, 6.07) is 0. The molecule has 0 rings (SSSR count). The third kappa shape index (κ3) is 2.03. The zero-order valence-electron chi connectivity index (χ0n) is 5.07. The van der Waals surface area contributed by atoms with Crippen LogP contribution in [0.1, 0.15) is 6.92 Å². The summed E-state index contributed by atoms with van der Waals surface area (Å²) in [5.74, 6) is 0.631. The molecule has 0 amide bonds. The number of hydrogen-bond donors (Lipinski definition) is 0. The van der Waals surface area contributed by atoms with Crippen molar-refractivity contribution in [3.63, 3.8) is 0 Å². The van der Waals surface area contributed by atoms with Crippen LogP contribution in [-0.4, -0.2) is 7.11 Å². The molecule has 0 atom stereocenters. The van der Waals surface area contributed by atoms with Crippen molar-refractivity contribution in [3.05, 3.63) is 23.4 Å². The van der Waals surface area contributed by atoms with E-state index in [0.29, 0.717) is 10.8 Å². The summed E-state index contributed by atoms with van der Waals surface area (Å²) >= 11 is 5.46. The fourth-order valence-electron chi connectivity index (χ4n) is 0.385. The molecule has 0 unspecified atom stereocenters. The average Bonchev–Trinajstić information content (AvgIpc) is 1.69. The lowest BCUT2D eigenvalue weighted by atomic mass is 10.4. The molecule has 0 aromatic heterocycles. The molecule has 0 aliphatic heterocycles. The van der Waals surface area contributed by atoms with Crippen molar-refractivity contribution >= 4 is 11.6 Å². The van der Waals surface area contributed by atoms with Crippen LogP contribution in [-0.2, 0) is 4.74 Å². The van der Waals surface area contributed by atoms with E-state index in [1.165, 1.54) is 0 Å². The third-order valence-corrected chi connectivity index (χ3v) is 0.936. The molecule has 1 nitrogen and oxygen atoms in total. The monoisotopic (exact) mass is 132 g/mol. The maximum absolute atomic E-state index is 5.46. The van der Waals surface area contributed by atoms with Crippen LogP contribution in [0.25, 0.3) is 0 Å². The van der Waals surface area contributed by atoms with Crippen molar-refractivity contribution in [2.75, 3.05) is 7.11 Å². The topological polar surface area (TPSA) is 9.23 Å². The Labute approximate surface area is 54.6 Å². The Balaban J connectivity index is 3.92. The Bertz CT molecular complexity index is 116. The molecule has 8 heavy (non-hydrogen) atoms. The van der Waals surface area contributed by atoms with Gasteiger partial charge in [-0.15, -0.1) is 0 Å². The van der Waals surface area contributed by atoms with Gasteiger partial charge in [-0.1, -0.05) is 18.2 Å². The molecule has 0 bridgehead atoms. The van der Waals surface area contributed by atoms with Gasteiger partial charge in [-0.25, -0.2) is 0 Å². The minimum Gasteiger partial charge on any atom is -0.496 e. The molecular formula is C6H9ClO. The first-order valence-corrected chi connectivity index (χ1v) is 2.65. The van der Waals surface area contributed by atoms with Crippen molar-refractivity contribution in [1.82, 2.24) is 0 Å². The standard InChI is InChI=1S/C6H9ClO/c1-4-6(8-3)5(2)7/h4H,2H2,1,3H3. The highest BCUT2D eigenvalue weighted by Gasteiger charge is 1.92. The predicted molar refractivity (Wildman–Crippen MR) is 35.8 cm³/mol. The van der Waals surface area contributed by atoms with E-state index in [-0.39, 0.29) is 0 Å². The molecule has 0 saturated heterocycles. The molecule has 0 aliphatic rings. The van der Waals surface area contributed by atoms with Crippen molar-refractivity contribution in [2.24, 2.45) is 0 Å². The summed E-state index contributed by atoms with van der Waals surface area (Å²) in [5, 5.41) is 0.440. The third-order valence-electron chi connectivity index (χ3n) is 0.749. The Hall–Kier alpha value is -0.430. The second-order valence-electron chi connectivity index (χ2n) is 1.26. The van der Waals surface area contributed by atoms with E-state index in [4.69, 9.17) is 16.3 Å². The van der Waals surface area contributed by atoms with E-state index in [1.54, 1.807) is 13.2 Å². The average molecular weight is 133 g/mol. The number of halogens is 1. The Morgan fingerprint density at radius 3 is 2.25 bits per heavy atom. The SMILES string of the molecule is C=C(Cl)C(=CC)OC. The van der Waals surface area contributed by atoms with Crippen LogP contribution >= 0.6 is 11.6 Å². The molecule has 0 heterocycles. The summed E-state index contributed by atoms with van der Waals surface area (Å²) in [4.78, 5) is 0. The lowest BCUT2D eigenvalue weighted by Gasteiger charge is -1.99. The number of rotatable bonds is 2. The maximum Gasteiger partial charge on any atom is 0.132 e. The van der Waals surface area contributed by atoms with Crippen LogP contribution in [0, 0.1) is 0 Å². The Kier molecular flexibility index (Phi) is 3.37. The van der Waals surface area contributed by atoms with Gasteiger partial charge in [0.25, 0.3) is 0 Å². The first-order chi connectivity index (χ1) is 3.72. The molecular weight excluding hydrogens is 124 g/mol. The van der Waals surface area contributed by atoms with Gasteiger partial charge in [-0.3, -0.25) is 0 Å². The van der Waals surface area contributed by atoms with Gasteiger partial charge in [0.1, 0.15) is 5.76 Å². The molecule has 0 aliphatic carbocycles. The minimum absolute atomic E-state index is 0.440. The van der Waals surface area contributed by atoms with Crippen LogP contribution in [0.3, 0.4) is 0 Å². The van der Waals surface area contributed by atoms with Gasteiger partial charge >= 0.3 is 0 Å². The summed E-state index contributed by atoms with van der Waals surface area (Å²) in [6.45, 7) is 5.31. The normalized spacial score (nSPS) is 11.1. The number of ether oxygens (including phenoxy) is 1. The van der Waals surface area contributed by atoms with Gasteiger partial charge in [0.05, 0.1) is 12.1 Å². The number of hydrogen-bond acceptors (Lipinski definition) is 1. The van der Waals surface area contributed by atoms with Crippen LogP contribution < -0.4 is 0 Å². The highest BCUT2D eigenvalue weighted by atomic mass is 35.5. The molecule has 0 aromatic carbocycles. The fraction of sp³-hybridized carbons (Fsp3) is 0.333. The highest BCUT2D eigenvalue weighted by Crippen LogP contribution is 2.10. The van der Waals surface area contributed by atoms with Crippen LogP contribution in [0.4, 0.5) is 0 Å². The van der Waals surface area contributed by atoms with Gasteiger partial charge in [0, 0.05) is 0 Å². The summed E-state index contributed by atoms with van der Waals surface area (Å²) < 4.78 is 4.79. The van der Waals surface area contributed by atoms with E-state index >= 15 is 0 Å². The van der Waals surface area contributed by atoms with Gasteiger partial charge in [-0.05, 0) is 13.0 Å². The smallest absolute Gasteiger partial charge is 0.132 e. The lowest BCUT2D eigenvalue weighted by Crippen LogP contribution is -1.82. The number of allylic oxidation sites excluding steroid dienone is 2. The predicted octanol–water partition coefficient (Wildman–Crippen LogP) is 2.29. The molecule has 0 N–H and O–H groups in total. The Morgan fingerprint density at radius 2 is 2.25 bits per heavy atom. The van der Waals surface area contributed by atoms with E-state index in [1.807, 2.05) is 6.92 Å². The lowest BCUT2D eigenvalue weighted by molar-refractivity contribution is 0.304. The molecule has 2 heteroatoms.